The van der Waals surface area contributed by atoms with E-state index in [-0.39, 0.29) is 36.4 Å². The molecule has 3 rings (SSSR count). The van der Waals surface area contributed by atoms with Gasteiger partial charge >= 0.3 is 12.0 Å². The lowest BCUT2D eigenvalue weighted by Gasteiger charge is -2.15. The van der Waals surface area contributed by atoms with Crippen LogP contribution in [0.5, 0.6) is 0 Å². The third-order valence-corrected chi connectivity index (χ3v) is 4.59. The standard InChI is InChI=1S/C17H20N4O5/c1-20-8-11(7-13(20)16(24)26-2)18-15(23)10-3-5-12(6-4-10)21-9-14(22)19-17(21)25/h3-6,11,13H,7-9H2,1-2H3,(H,18,23)(H,19,22,25)/t11-,13+/m1/s1. The predicted molar refractivity (Wildman–Crippen MR) is 91.6 cm³/mol. The Bertz CT molecular complexity index is 748. The van der Waals surface area contributed by atoms with E-state index in [2.05, 4.69) is 10.6 Å². The second kappa shape index (κ2) is 7.12. The number of nitrogens with zero attached hydrogens (tertiary/aromatic N) is 2. The van der Waals surface area contributed by atoms with Gasteiger partial charge in [-0.15, -0.1) is 0 Å². The summed E-state index contributed by atoms with van der Waals surface area (Å²) in [4.78, 5) is 50.2. The Morgan fingerprint density at radius 1 is 1.23 bits per heavy atom. The van der Waals surface area contributed by atoms with Gasteiger partial charge in [0, 0.05) is 23.8 Å². The molecule has 1 aromatic rings. The molecule has 0 radical (unpaired) electrons. The molecule has 9 heteroatoms. The number of esters is 1. The number of methoxy groups -OCH3 is 1. The van der Waals surface area contributed by atoms with Crippen molar-refractivity contribution in [1.82, 2.24) is 15.5 Å². The molecule has 0 bridgehead atoms. The van der Waals surface area contributed by atoms with Crippen LogP contribution in [0.2, 0.25) is 0 Å². The van der Waals surface area contributed by atoms with Crippen LogP contribution in [-0.4, -0.2) is 68.0 Å². The third kappa shape index (κ3) is 3.52. The van der Waals surface area contributed by atoms with Crippen LogP contribution in [0.3, 0.4) is 0 Å². The average molecular weight is 360 g/mol. The average Bonchev–Trinajstić information content (AvgIpc) is 3.15. The van der Waals surface area contributed by atoms with Gasteiger partial charge in [-0.3, -0.25) is 29.5 Å². The normalized spacial score (nSPS) is 23.1. The Morgan fingerprint density at radius 3 is 2.50 bits per heavy atom. The molecule has 0 unspecified atom stereocenters. The minimum Gasteiger partial charge on any atom is -0.468 e. The molecule has 2 aliphatic heterocycles. The zero-order chi connectivity index (χ0) is 18.8. The summed E-state index contributed by atoms with van der Waals surface area (Å²) in [6, 6.07) is 5.43. The molecule has 4 amide bonds. The lowest BCUT2D eigenvalue weighted by molar-refractivity contribution is -0.145. The molecule has 0 saturated carbocycles. The van der Waals surface area contributed by atoms with Gasteiger partial charge in [-0.1, -0.05) is 0 Å². The smallest absolute Gasteiger partial charge is 0.329 e. The van der Waals surface area contributed by atoms with Crippen LogP contribution in [-0.2, 0) is 14.3 Å². The summed E-state index contributed by atoms with van der Waals surface area (Å²) in [5.74, 6) is -0.934. The van der Waals surface area contributed by atoms with Crippen molar-refractivity contribution in [2.24, 2.45) is 0 Å². The maximum atomic E-state index is 12.4. The number of nitrogens with one attached hydrogen (secondary N) is 2. The summed E-state index contributed by atoms with van der Waals surface area (Å²) >= 11 is 0. The first-order valence-corrected chi connectivity index (χ1v) is 8.19. The molecule has 2 fully saturated rings. The summed E-state index contributed by atoms with van der Waals surface area (Å²) in [7, 11) is 3.16. The number of ether oxygens (including phenoxy) is 1. The van der Waals surface area contributed by atoms with Crippen molar-refractivity contribution in [2.45, 2.75) is 18.5 Å². The predicted octanol–water partition coefficient (Wildman–Crippen LogP) is -0.282. The highest BCUT2D eigenvalue weighted by Gasteiger charge is 2.36. The van der Waals surface area contributed by atoms with Gasteiger partial charge in [0.25, 0.3) is 5.91 Å². The Hall–Kier alpha value is -2.94. The molecule has 0 aromatic heterocycles. The Balaban J connectivity index is 1.61. The molecule has 0 spiro atoms. The summed E-state index contributed by atoms with van der Waals surface area (Å²) in [6.07, 6.45) is 0.489. The van der Waals surface area contributed by atoms with Crippen molar-refractivity contribution in [2.75, 3.05) is 32.1 Å². The van der Waals surface area contributed by atoms with Crippen molar-refractivity contribution >= 4 is 29.5 Å². The van der Waals surface area contributed by atoms with E-state index in [9.17, 15) is 19.2 Å². The van der Waals surface area contributed by atoms with Gasteiger partial charge in [-0.25, -0.2) is 4.79 Å². The van der Waals surface area contributed by atoms with Gasteiger partial charge in [0.2, 0.25) is 5.91 Å². The van der Waals surface area contributed by atoms with Crippen molar-refractivity contribution < 1.29 is 23.9 Å². The Morgan fingerprint density at radius 2 is 1.92 bits per heavy atom. The molecule has 2 saturated heterocycles. The zero-order valence-corrected chi connectivity index (χ0v) is 14.5. The Labute approximate surface area is 150 Å². The van der Waals surface area contributed by atoms with Crippen molar-refractivity contribution in [1.29, 1.82) is 0 Å². The Kier molecular flexibility index (Phi) is 4.90. The molecule has 2 atom stereocenters. The van der Waals surface area contributed by atoms with Gasteiger partial charge in [0.1, 0.15) is 12.6 Å². The van der Waals surface area contributed by atoms with Crippen LogP contribution in [0, 0.1) is 0 Å². The number of likely N-dealkylation sites (N-methyl/N-ethyl adjacent to an activating group) is 1. The second-order valence-corrected chi connectivity index (χ2v) is 6.37. The van der Waals surface area contributed by atoms with Crippen LogP contribution in [0.25, 0.3) is 0 Å². The van der Waals surface area contributed by atoms with Gasteiger partial charge in [0.15, 0.2) is 0 Å². The highest BCUT2D eigenvalue weighted by atomic mass is 16.5. The first kappa shape index (κ1) is 17.9. The van der Waals surface area contributed by atoms with Gasteiger partial charge < -0.3 is 10.1 Å². The number of imide groups is 1. The summed E-state index contributed by atoms with van der Waals surface area (Å²) < 4.78 is 4.77. The molecule has 2 N–H and O–H groups in total. The molecule has 138 valence electrons. The maximum Gasteiger partial charge on any atom is 0.329 e. The SMILES string of the molecule is COC(=O)[C@@H]1C[C@@H](NC(=O)c2ccc(N3CC(=O)NC3=O)cc2)CN1C. The lowest BCUT2D eigenvalue weighted by Crippen LogP contribution is -2.36. The van der Waals surface area contributed by atoms with E-state index in [1.807, 2.05) is 11.9 Å². The zero-order valence-electron chi connectivity index (χ0n) is 14.5. The number of likely N-dealkylation sites (tertiary alicyclic amines) is 1. The van der Waals surface area contributed by atoms with E-state index in [1.165, 1.54) is 12.0 Å². The van der Waals surface area contributed by atoms with Crippen LogP contribution in [0.4, 0.5) is 10.5 Å². The largest absolute Gasteiger partial charge is 0.468 e. The van der Waals surface area contributed by atoms with E-state index in [0.29, 0.717) is 24.2 Å². The fraction of sp³-hybridized carbons (Fsp3) is 0.412. The molecule has 1 aromatic carbocycles. The van der Waals surface area contributed by atoms with E-state index in [1.54, 1.807) is 24.3 Å². The van der Waals surface area contributed by atoms with Crippen molar-refractivity contribution in [3.05, 3.63) is 29.8 Å². The number of carbonyl (C=O) groups excluding carboxylic acids is 4. The van der Waals surface area contributed by atoms with Crippen molar-refractivity contribution in [3.63, 3.8) is 0 Å². The summed E-state index contributed by atoms with van der Waals surface area (Å²) in [6.45, 7) is 0.521. The minimum atomic E-state index is -0.477. The number of urea groups is 1. The van der Waals surface area contributed by atoms with Crippen LogP contribution in [0.1, 0.15) is 16.8 Å². The first-order chi connectivity index (χ1) is 12.4. The molecule has 9 nitrogen and oxygen atoms in total. The van der Waals surface area contributed by atoms with E-state index in [0.717, 1.165) is 0 Å². The molecular weight excluding hydrogens is 340 g/mol. The summed E-state index contributed by atoms with van der Waals surface area (Å²) in [5, 5.41) is 5.10. The van der Waals surface area contributed by atoms with Gasteiger partial charge in [0.05, 0.1) is 7.11 Å². The van der Waals surface area contributed by atoms with Gasteiger partial charge in [-0.2, -0.15) is 0 Å². The highest BCUT2D eigenvalue weighted by Crippen LogP contribution is 2.20. The van der Waals surface area contributed by atoms with Crippen LogP contribution >= 0.6 is 0 Å². The number of anilines is 1. The van der Waals surface area contributed by atoms with E-state index < -0.39 is 6.03 Å². The number of benzene rings is 1. The summed E-state index contributed by atoms with van der Waals surface area (Å²) in [5.41, 5.74) is 0.972. The number of hydrogen-bond donors (Lipinski definition) is 2. The van der Waals surface area contributed by atoms with Crippen molar-refractivity contribution in [3.8, 4) is 0 Å². The number of amides is 4. The molecule has 26 heavy (non-hydrogen) atoms. The van der Waals surface area contributed by atoms with E-state index >= 15 is 0 Å². The number of hydrogen-bond acceptors (Lipinski definition) is 6. The first-order valence-electron chi connectivity index (χ1n) is 8.19. The fourth-order valence-corrected chi connectivity index (χ4v) is 3.23. The minimum absolute atomic E-state index is 0.0340. The van der Waals surface area contributed by atoms with E-state index in [4.69, 9.17) is 4.74 Å². The number of carbonyl (C=O) groups is 4. The molecule has 2 heterocycles. The quantitative estimate of drug-likeness (QED) is 0.565. The molecule has 0 aliphatic carbocycles. The van der Waals surface area contributed by atoms with Gasteiger partial charge in [-0.05, 0) is 37.7 Å². The monoisotopic (exact) mass is 360 g/mol. The fourth-order valence-electron chi connectivity index (χ4n) is 3.23. The van der Waals surface area contributed by atoms with Crippen LogP contribution in [0.15, 0.2) is 24.3 Å². The molecule has 2 aliphatic rings. The lowest BCUT2D eigenvalue weighted by atomic mass is 10.1. The highest BCUT2D eigenvalue weighted by molar-refractivity contribution is 6.12. The topological polar surface area (TPSA) is 108 Å². The number of rotatable bonds is 4. The van der Waals surface area contributed by atoms with Crippen LogP contribution < -0.4 is 15.5 Å². The maximum absolute atomic E-state index is 12.4. The molecular formula is C17H20N4O5. The second-order valence-electron chi connectivity index (χ2n) is 6.37. The third-order valence-electron chi connectivity index (χ3n) is 4.59.